The fourth-order valence-corrected chi connectivity index (χ4v) is 2.22. The van der Waals surface area contributed by atoms with E-state index >= 15 is 0 Å². The molecule has 0 bridgehead atoms. The molecule has 0 aliphatic heterocycles. The van der Waals surface area contributed by atoms with Gasteiger partial charge in [0.25, 0.3) is 0 Å². The average molecular weight is 184 g/mol. The summed E-state index contributed by atoms with van der Waals surface area (Å²) < 4.78 is 0. The van der Waals surface area contributed by atoms with Gasteiger partial charge in [0.05, 0.1) is 0 Å². The number of hydrogen-bond acceptors (Lipinski definition) is 2. The van der Waals surface area contributed by atoms with Crippen LogP contribution < -0.4 is 11.1 Å². The van der Waals surface area contributed by atoms with Crippen LogP contribution in [-0.2, 0) is 0 Å². The molecular formula is C11H24N2. The predicted octanol–water partition coefficient (Wildman–Crippen LogP) is 1.89. The van der Waals surface area contributed by atoms with E-state index in [9.17, 15) is 0 Å². The number of nitrogens with two attached hydrogens (primary N) is 1. The molecule has 13 heavy (non-hydrogen) atoms. The molecular weight excluding hydrogens is 160 g/mol. The third kappa shape index (κ3) is 4.10. The first kappa shape index (κ1) is 11.0. The number of rotatable bonds is 6. The highest BCUT2D eigenvalue weighted by atomic mass is 14.9. The highest BCUT2D eigenvalue weighted by Crippen LogP contribution is 2.27. The van der Waals surface area contributed by atoms with Crippen molar-refractivity contribution in [2.45, 2.75) is 51.5 Å². The highest BCUT2D eigenvalue weighted by molar-refractivity contribution is 4.76. The fraction of sp³-hybridized carbons (Fsp3) is 1.00. The molecule has 2 nitrogen and oxygen atoms in total. The molecule has 78 valence electrons. The van der Waals surface area contributed by atoms with E-state index in [0.717, 1.165) is 31.5 Å². The Balaban J connectivity index is 1.99. The van der Waals surface area contributed by atoms with Crippen LogP contribution in [0, 0.1) is 5.92 Å². The van der Waals surface area contributed by atoms with Gasteiger partial charge in [-0.15, -0.1) is 0 Å². The molecule has 1 aliphatic rings. The van der Waals surface area contributed by atoms with Crippen molar-refractivity contribution in [2.75, 3.05) is 13.1 Å². The predicted molar refractivity (Wildman–Crippen MR) is 57.7 cm³/mol. The maximum Gasteiger partial charge on any atom is 0.00669 e. The zero-order chi connectivity index (χ0) is 9.52. The lowest BCUT2D eigenvalue weighted by molar-refractivity contribution is 0.379. The zero-order valence-corrected chi connectivity index (χ0v) is 8.89. The molecule has 0 aromatic carbocycles. The molecule has 2 heteroatoms. The molecule has 0 aromatic rings. The van der Waals surface area contributed by atoms with Crippen LogP contribution in [0.1, 0.15) is 45.4 Å². The van der Waals surface area contributed by atoms with Gasteiger partial charge in [0.2, 0.25) is 0 Å². The molecule has 1 unspecified atom stereocenters. The Hall–Kier alpha value is -0.0800. The molecule has 0 radical (unpaired) electrons. The summed E-state index contributed by atoms with van der Waals surface area (Å²) in [6, 6.07) is 0.722. The van der Waals surface area contributed by atoms with Crippen molar-refractivity contribution in [2.24, 2.45) is 11.7 Å². The summed E-state index contributed by atoms with van der Waals surface area (Å²) in [6.07, 6.45) is 8.15. The van der Waals surface area contributed by atoms with Gasteiger partial charge in [-0.1, -0.05) is 12.8 Å². The van der Waals surface area contributed by atoms with Crippen LogP contribution >= 0.6 is 0 Å². The lowest BCUT2D eigenvalue weighted by Crippen LogP contribution is -2.33. The topological polar surface area (TPSA) is 38.0 Å². The Morgan fingerprint density at radius 2 is 2.00 bits per heavy atom. The fourth-order valence-electron chi connectivity index (χ4n) is 2.22. The minimum absolute atomic E-state index is 0.722. The molecule has 1 atom stereocenters. The van der Waals surface area contributed by atoms with Crippen molar-refractivity contribution in [3.8, 4) is 0 Å². The van der Waals surface area contributed by atoms with E-state index in [0.29, 0.717) is 0 Å². The Bertz CT molecular complexity index is 119. The monoisotopic (exact) mass is 184 g/mol. The van der Waals surface area contributed by atoms with E-state index in [1.165, 1.54) is 32.1 Å². The molecule has 0 aromatic heterocycles. The number of hydrogen-bond donors (Lipinski definition) is 2. The van der Waals surface area contributed by atoms with Crippen LogP contribution in [0.5, 0.6) is 0 Å². The van der Waals surface area contributed by atoms with Gasteiger partial charge in [-0.05, 0) is 51.6 Å². The standard InChI is InChI=1S/C11H24N2/c1-10(11-6-2-3-7-11)13-9-5-4-8-12/h10-11,13H,2-9,12H2,1H3. The first-order valence-electron chi connectivity index (χ1n) is 5.78. The van der Waals surface area contributed by atoms with Crippen LogP contribution in [0.15, 0.2) is 0 Å². The normalized spacial score (nSPS) is 20.8. The summed E-state index contributed by atoms with van der Waals surface area (Å²) in [5.41, 5.74) is 5.44. The lowest BCUT2D eigenvalue weighted by Gasteiger charge is -2.20. The van der Waals surface area contributed by atoms with E-state index in [1.54, 1.807) is 0 Å². The molecule has 0 saturated heterocycles. The highest BCUT2D eigenvalue weighted by Gasteiger charge is 2.20. The van der Waals surface area contributed by atoms with Gasteiger partial charge in [0.15, 0.2) is 0 Å². The zero-order valence-electron chi connectivity index (χ0n) is 8.89. The van der Waals surface area contributed by atoms with E-state index in [2.05, 4.69) is 12.2 Å². The minimum atomic E-state index is 0.722. The second-order valence-corrected chi connectivity index (χ2v) is 4.28. The summed E-state index contributed by atoms with van der Waals surface area (Å²) in [5, 5.41) is 3.60. The first-order valence-corrected chi connectivity index (χ1v) is 5.78. The Morgan fingerprint density at radius 3 is 2.62 bits per heavy atom. The van der Waals surface area contributed by atoms with Gasteiger partial charge >= 0.3 is 0 Å². The Kier molecular flexibility index (Phi) is 5.40. The molecule has 1 saturated carbocycles. The average Bonchev–Trinajstić information content (AvgIpc) is 2.65. The quantitative estimate of drug-likeness (QED) is 0.619. The largest absolute Gasteiger partial charge is 0.330 e. The molecule has 0 heterocycles. The lowest BCUT2D eigenvalue weighted by atomic mass is 10.00. The van der Waals surface area contributed by atoms with Crippen molar-refractivity contribution in [3.05, 3.63) is 0 Å². The van der Waals surface area contributed by atoms with E-state index < -0.39 is 0 Å². The molecule has 0 amide bonds. The van der Waals surface area contributed by atoms with E-state index in [4.69, 9.17) is 5.73 Å². The smallest absolute Gasteiger partial charge is 0.00669 e. The van der Waals surface area contributed by atoms with Crippen molar-refractivity contribution in [3.63, 3.8) is 0 Å². The Labute approximate surface area is 82.3 Å². The van der Waals surface area contributed by atoms with Gasteiger partial charge in [-0.3, -0.25) is 0 Å². The van der Waals surface area contributed by atoms with Crippen molar-refractivity contribution >= 4 is 0 Å². The van der Waals surface area contributed by atoms with Gasteiger partial charge < -0.3 is 11.1 Å². The SMILES string of the molecule is CC(NCCCCN)C1CCCC1. The minimum Gasteiger partial charge on any atom is -0.330 e. The van der Waals surface area contributed by atoms with Gasteiger partial charge in [-0.2, -0.15) is 0 Å². The number of unbranched alkanes of at least 4 members (excludes halogenated alkanes) is 1. The molecule has 0 spiro atoms. The second-order valence-electron chi connectivity index (χ2n) is 4.28. The molecule has 1 rings (SSSR count). The third-order valence-electron chi connectivity index (χ3n) is 3.20. The van der Waals surface area contributed by atoms with Gasteiger partial charge in [0.1, 0.15) is 0 Å². The molecule has 1 fully saturated rings. The van der Waals surface area contributed by atoms with Crippen molar-refractivity contribution in [1.82, 2.24) is 5.32 Å². The van der Waals surface area contributed by atoms with E-state index in [-0.39, 0.29) is 0 Å². The summed E-state index contributed by atoms with van der Waals surface area (Å²) in [5.74, 6) is 0.942. The Morgan fingerprint density at radius 1 is 1.31 bits per heavy atom. The molecule has 1 aliphatic carbocycles. The maximum absolute atomic E-state index is 5.44. The summed E-state index contributed by atoms with van der Waals surface area (Å²) >= 11 is 0. The molecule has 3 N–H and O–H groups in total. The van der Waals surface area contributed by atoms with E-state index in [1.807, 2.05) is 0 Å². The summed E-state index contributed by atoms with van der Waals surface area (Å²) in [4.78, 5) is 0. The second kappa shape index (κ2) is 6.39. The van der Waals surface area contributed by atoms with Crippen LogP contribution in [0.2, 0.25) is 0 Å². The number of nitrogens with one attached hydrogen (secondary N) is 1. The van der Waals surface area contributed by atoms with Crippen LogP contribution in [0.25, 0.3) is 0 Å². The summed E-state index contributed by atoms with van der Waals surface area (Å²) in [7, 11) is 0. The van der Waals surface area contributed by atoms with Gasteiger partial charge in [-0.25, -0.2) is 0 Å². The maximum atomic E-state index is 5.44. The first-order chi connectivity index (χ1) is 6.34. The van der Waals surface area contributed by atoms with Crippen molar-refractivity contribution in [1.29, 1.82) is 0 Å². The van der Waals surface area contributed by atoms with Crippen LogP contribution in [-0.4, -0.2) is 19.1 Å². The van der Waals surface area contributed by atoms with Crippen molar-refractivity contribution < 1.29 is 0 Å². The van der Waals surface area contributed by atoms with Gasteiger partial charge in [0, 0.05) is 6.04 Å². The van der Waals surface area contributed by atoms with Crippen LogP contribution in [0.3, 0.4) is 0 Å². The summed E-state index contributed by atoms with van der Waals surface area (Å²) in [6.45, 7) is 4.31. The van der Waals surface area contributed by atoms with Crippen LogP contribution in [0.4, 0.5) is 0 Å². The third-order valence-corrected chi connectivity index (χ3v) is 3.20.